The number of benzene rings is 3. The maximum Gasteiger partial charge on any atom is 0.251 e. The van der Waals surface area contributed by atoms with Gasteiger partial charge in [0, 0.05) is 23.5 Å². The maximum absolute atomic E-state index is 12.2. The van der Waals surface area contributed by atoms with Crippen molar-refractivity contribution in [1.29, 1.82) is 0 Å². The zero-order chi connectivity index (χ0) is 21.2. The van der Waals surface area contributed by atoms with Crippen LogP contribution in [0.5, 0.6) is 5.75 Å². The summed E-state index contributed by atoms with van der Waals surface area (Å²) in [6.45, 7) is 3.02. The van der Waals surface area contributed by atoms with Crippen LogP contribution in [0.25, 0.3) is 0 Å². The molecule has 0 aromatic heterocycles. The van der Waals surface area contributed by atoms with Crippen LogP contribution in [0.15, 0.2) is 78.9 Å². The van der Waals surface area contributed by atoms with Gasteiger partial charge in [0.05, 0.1) is 6.54 Å². The number of anilines is 2. The summed E-state index contributed by atoms with van der Waals surface area (Å²) in [7, 11) is 0. The minimum atomic E-state index is -0.201. The van der Waals surface area contributed by atoms with Crippen molar-refractivity contribution in [2.45, 2.75) is 13.5 Å². The Labute approximate surface area is 176 Å². The average molecular weight is 403 g/mol. The Morgan fingerprint density at radius 3 is 2.37 bits per heavy atom. The molecule has 0 radical (unpaired) electrons. The predicted octanol–water partition coefficient (Wildman–Crippen LogP) is 4.07. The van der Waals surface area contributed by atoms with Gasteiger partial charge in [0.1, 0.15) is 12.4 Å². The SMILES string of the molecule is CCNC(=O)c1cccc(NC(=O)CNc2ccc(OCc3ccccc3)cc2)c1. The lowest BCUT2D eigenvalue weighted by Gasteiger charge is -2.10. The quantitative estimate of drug-likeness (QED) is 0.503. The molecule has 0 unspecified atom stereocenters. The van der Waals surface area contributed by atoms with Crippen LogP contribution in [0.3, 0.4) is 0 Å². The van der Waals surface area contributed by atoms with E-state index in [0.29, 0.717) is 24.4 Å². The third kappa shape index (κ3) is 6.38. The normalized spacial score (nSPS) is 10.2. The zero-order valence-electron chi connectivity index (χ0n) is 16.9. The highest BCUT2D eigenvalue weighted by Gasteiger charge is 2.07. The summed E-state index contributed by atoms with van der Waals surface area (Å²) in [5.74, 6) is 0.393. The molecule has 3 rings (SSSR count). The van der Waals surface area contributed by atoms with Gasteiger partial charge in [-0.1, -0.05) is 36.4 Å². The molecule has 0 aliphatic carbocycles. The third-order valence-electron chi connectivity index (χ3n) is 4.30. The molecule has 154 valence electrons. The van der Waals surface area contributed by atoms with Crippen molar-refractivity contribution >= 4 is 23.2 Å². The summed E-state index contributed by atoms with van der Waals surface area (Å²) < 4.78 is 5.76. The van der Waals surface area contributed by atoms with E-state index in [9.17, 15) is 9.59 Å². The minimum Gasteiger partial charge on any atom is -0.489 e. The van der Waals surface area contributed by atoms with Crippen molar-refractivity contribution in [3.05, 3.63) is 90.0 Å². The summed E-state index contributed by atoms with van der Waals surface area (Å²) in [6.07, 6.45) is 0. The standard InChI is InChI=1S/C24H25N3O3/c1-2-25-24(29)19-9-6-10-21(15-19)27-23(28)16-26-20-11-13-22(14-12-20)30-17-18-7-4-3-5-8-18/h3-15,26H,2,16-17H2,1H3,(H,25,29)(H,27,28). The lowest BCUT2D eigenvalue weighted by atomic mass is 10.2. The first kappa shape index (κ1) is 20.9. The van der Waals surface area contributed by atoms with Crippen LogP contribution < -0.4 is 20.7 Å². The second-order valence-electron chi connectivity index (χ2n) is 6.64. The van der Waals surface area contributed by atoms with Crippen LogP contribution in [-0.4, -0.2) is 24.9 Å². The molecule has 0 saturated heterocycles. The van der Waals surface area contributed by atoms with Gasteiger partial charge in [0.15, 0.2) is 0 Å². The summed E-state index contributed by atoms with van der Waals surface area (Å²) in [5, 5.41) is 8.61. The molecule has 0 atom stereocenters. The molecular formula is C24H25N3O3. The highest BCUT2D eigenvalue weighted by atomic mass is 16.5. The van der Waals surface area contributed by atoms with Gasteiger partial charge in [-0.15, -0.1) is 0 Å². The van der Waals surface area contributed by atoms with E-state index in [0.717, 1.165) is 17.0 Å². The van der Waals surface area contributed by atoms with Crippen LogP contribution in [-0.2, 0) is 11.4 Å². The fourth-order valence-electron chi connectivity index (χ4n) is 2.80. The van der Waals surface area contributed by atoms with E-state index >= 15 is 0 Å². The van der Waals surface area contributed by atoms with Gasteiger partial charge in [0.25, 0.3) is 5.91 Å². The Balaban J connectivity index is 1.46. The molecule has 3 aromatic carbocycles. The van der Waals surface area contributed by atoms with Gasteiger partial charge in [-0.05, 0) is 55.0 Å². The molecule has 0 bridgehead atoms. The molecule has 0 aliphatic heterocycles. The van der Waals surface area contributed by atoms with Crippen LogP contribution in [0.4, 0.5) is 11.4 Å². The number of nitrogens with one attached hydrogen (secondary N) is 3. The molecule has 3 N–H and O–H groups in total. The van der Waals surface area contributed by atoms with Crippen molar-refractivity contribution in [2.75, 3.05) is 23.7 Å². The summed E-state index contributed by atoms with van der Waals surface area (Å²) in [4.78, 5) is 24.1. The van der Waals surface area contributed by atoms with E-state index in [1.165, 1.54) is 0 Å². The van der Waals surface area contributed by atoms with E-state index in [1.807, 2.05) is 61.5 Å². The molecule has 0 heterocycles. The second-order valence-corrected chi connectivity index (χ2v) is 6.64. The first-order valence-corrected chi connectivity index (χ1v) is 9.83. The molecule has 0 fully saturated rings. The molecular weight excluding hydrogens is 378 g/mol. The van der Waals surface area contributed by atoms with Crippen LogP contribution in [0.2, 0.25) is 0 Å². The summed E-state index contributed by atoms with van der Waals surface area (Å²) in [5.41, 5.74) is 3.00. The van der Waals surface area contributed by atoms with E-state index < -0.39 is 0 Å². The number of amides is 2. The molecule has 3 aromatic rings. The first-order valence-electron chi connectivity index (χ1n) is 9.83. The van der Waals surface area contributed by atoms with Gasteiger partial charge in [0.2, 0.25) is 5.91 Å². The van der Waals surface area contributed by atoms with E-state index in [-0.39, 0.29) is 18.4 Å². The van der Waals surface area contributed by atoms with Gasteiger partial charge < -0.3 is 20.7 Å². The molecule has 0 saturated carbocycles. The predicted molar refractivity (Wildman–Crippen MR) is 119 cm³/mol. The minimum absolute atomic E-state index is 0.107. The third-order valence-corrected chi connectivity index (χ3v) is 4.30. The fourth-order valence-corrected chi connectivity index (χ4v) is 2.80. The Hall–Kier alpha value is -3.80. The smallest absolute Gasteiger partial charge is 0.251 e. The molecule has 6 nitrogen and oxygen atoms in total. The topological polar surface area (TPSA) is 79.5 Å². The zero-order valence-corrected chi connectivity index (χ0v) is 16.9. The van der Waals surface area contributed by atoms with Crippen molar-refractivity contribution in [3.63, 3.8) is 0 Å². The Morgan fingerprint density at radius 2 is 1.63 bits per heavy atom. The molecule has 0 spiro atoms. The second kappa shape index (κ2) is 10.7. The number of hydrogen-bond acceptors (Lipinski definition) is 4. The highest BCUT2D eigenvalue weighted by molar-refractivity contribution is 5.98. The van der Waals surface area contributed by atoms with Crippen molar-refractivity contribution in [3.8, 4) is 5.75 Å². The number of rotatable bonds is 9. The Morgan fingerprint density at radius 1 is 0.867 bits per heavy atom. The molecule has 30 heavy (non-hydrogen) atoms. The lowest BCUT2D eigenvalue weighted by Crippen LogP contribution is -2.24. The number of hydrogen-bond donors (Lipinski definition) is 3. The largest absolute Gasteiger partial charge is 0.489 e. The van der Waals surface area contributed by atoms with Crippen molar-refractivity contribution < 1.29 is 14.3 Å². The Bertz CT molecular complexity index is 973. The van der Waals surface area contributed by atoms with Gasteiger partial charge >= 0.3 is 0 Å². The summed E-state index contributed by atoms with van der Waals surface area (Å²) >= 11 is 0. The highest BCUT2D eigenvalue weighted by Crippen LogP contribution is 2.17. The summed E-state index contributed by atoms with van der Waals surface area (Å²) in [6, 6.07) is 24.3. The molecule has 0 aliphatic rings. The first-order chi connectivity index (χ1) is 14.6. The van der Waals surface area contributed by atoms with Gasteiger partial charge in [-0.3, -0.25) is 9.59 Å². The Kier molecular flexibility index (Phi) is 7.44. The van der Waals surface area contributed by atoms with E-state index in [2.05, 4.69) is 16.0 Å². The van der Waals surface area contributed by atoms with E-state index in [1.54, 1.807) is 24.3 Å². The maximum atomic E-state index is 12.2. The van der Waals surface area contributed by atoms with Crippen LogP contribution >= 0.6 is 0 Å². The van der Waals surface area contributed by atoms with Gasteiger partial charge in [-0.25, -0.2) is 0 Å². The fraction of sp³-hybridized carbons (Fsp3) is 0.167. The number of carbonyl (C=O) groups is 2. The number of ether oxygens (including phenoxy) is 1. The molecule has 6 heteroatoms. The van der Waals surface area contributed by atoms with E-state index in [4.69, 9.17) is 4.74 Å². The van der Waals surface area contributed by atoms with Crippen molar-refractivity contribution in [1.82, 2.24) is 5.32 Å². The van der Waals surface area contributed by atoms with Gasteiger partial charge in [-0.2, -0.15) is 0 Å². The average Bonchev–Trinajstić information content (AvgIpc) is 2.78. The monoisotopic (exact) mass is 403 g/mol. The van der Waals surface area contributed by atoms with Crippen molar-refractivity contribution in [2.24, 2.45) is 0 Å². The number of carbonyl (C=O) groups excluding carboxylic acids is 2. The molecule has 2 amide bonds. The van der Waals surface area contributed by atoms with Crippen LogP contribution in [0.1, 0.15) is 22.8 Å². The lowest BCUT2D eigenvalue weighted by molar-refractivity contribution is -0.114. The van der Waals surface area contributed by atoms with Crippen LogP contribution in [0, 0.1) is 0 Å².